The van der Waals surface area contributed by atoms with Crippen LogP contribution < -0.4 is 4.90 Å². The number of carbonyl (C=O) groups excluding carboxylic acids is 2. The van der Waals surface area contributed by atoms with Gasteiger partial charge in [-0.15, -0.1) is 0 Å². The van der Waals surface area contributed by atoms with Crippen molar-refractivity contribution in [2.75, 3.05) is 19.0 Å². The maximum Gasteiger partial charge on any atom is 0.306 e. The lowest BCUT2D eigenvalue weighted by Crippen LogP contribution is -2.52. The van der Waals surface area contributed by atoms with E-state index in [0.29, 0.717) is 36.5 Å². The summed E-state index contributed by atoms with van der Waals surface area (Å²) >= 11 is 0. The number of nitrogens with zero attached hydrogens (tertiary/aromatic N) is 1. The lowest BCUT2D eigenvalue weighted by atomic mass is 9.50. The Morgan fingerprint density at radius 3 is 2.47 bits per heavy atom. The van der Waals surface area contributed by atoms with Crippen molar-refractivity contribution in [1.29, 1.82) is 0 Å². The first-order chi connectivity index (χ1) is 16.2. The molecule has 3 fully saturated rings. The van der Waals surface area contributed by atoms with Gasteiger partial charge in [0.2, 0.25) is 0 Å². The molecule has 5 aliphatic rings. The Bertz CT molecular complexity index is 1110. The molecule has 2 saturated carbocycles. The minimum atomic E-state index is -0.297. The molecule has 4 aliphatic carbocycles. The third-order valence-corrected chi connectivity index (χ3v) is 10.2. The van der Waals surface area contributed by atoms with Crippen molar-refractivity contribution in [3.63, 3.8) is 0 Å². The molecule has 4 heteroatoms. The molecule has 1 saturated heterocycles. The summed E-state index contributed by atoms with van der Waals surface area (Å²) in [5, 5.41) is 0. The van der Waals surface area contributed by atoms with Crippen LogP contribution in [0.4, 0.5) is 5.69 Å². The average Bonchev–Trinajstić information content (AvgIpc) is 3.33. The molecule has 1 heterocycles. The highest BCUT2D eigenvalue weighted by Crippen LogP contribution is 2.69. The van der Waals surface area contributed by atoms with Gasteiger partial charge in [0.25, 0.3) is 0 Å². The van der Waals surface area contributed by atoms with Gasteiger partial charge in [0.1, 0.15) is 5.60 Å². The first-order valence-corrected chi connectivity index (χ1v) is 13.2. The van der Waals surface area contributed by atoms with Crippen molar-refractivity contribution in [2.24, 2.45) is 23.2 Å². The summed E-state index contributed by atoms with van der Waals surface area (Å²) in [5.41, 5.74) is 6.67. The van der Waals surface area contributed by atoms with E-state index < -0.39 is 0 Å². The van der Waals surface area contributed by atoms with Gasteiger partial charge in [0.05, 0.1) is 0 Å². The van der Waals surface area contributed by atoms with Crippen LogP contribution in [0.2, 0.25) is 0 Å². The lowest BCUT2D eigenvalue weighted by Gasteiger charge is -2.55. The second-order valence-electron chi connectivity index (χ2n) is 12.0. The van der Waals surface area contributed by atoms with Gasteiger partial charge in [0, 0.05) is 44.0 Å². The average molecular weight is 460 g/mol. The Balaban J connectivity index is 1.51. The normalized spacial score (nSPS) is 38.9. The van der Waals surface area contributed by atoms with Crippen molar-refractivity contribution >= 4 is 17.4 Å². The van der Waals surface area contributed by atoms with Crippen LogP contribution in [0.1, 0.15) is 76.7 Å². The maximum absolute atomic E-state index is 12.4. The summed E-state index contributed by atoms with van der Waals surface area (Å²) in [6.07, 6.45) is 9.19. The van der Waals surface area contributed by atoms with E-state index in [1.54, 1.807) is 5.57 Å². The van der Waals surface area contributed by atoms with Gasteiger partial charge in [-0.05, 0) is 91.2 Å². The summed E-state index contributed by atoms with van der Waals surface area (Å²) in [7, 11) is 4.16. The van der Waals surface area contributed by atoms with E-state index in [4.69, 9.17) is 4.74 Å². The summed E-state index contributed by atoms with van der Waals surface area (Å²) in [6, 6.07) is 9.09. The topological polar surface area (TPSA) is 46.6 Å². The number of anilines is 1. The SMILES string of the molecule is C[C@@H]1C[C@@H]2C(=C3CCC(=O)C=C31)[C@@H](c1ccc(N(C)C)cc1)C[C@@]1(C)[C@H]2CCC12CCC(=O)O2. The third kappa shape index (κ3) is 3.03. The fourth-order valence-corrected chi connectivity index (χ4v) is 8.54. The largest absolute Gasteiger partial charge is 0.458 e. The Morgan fingerprint density at radius 2 is 1.79 bits per heavy atom. The third-order valence-electron chi connectivity index (χ3n) is 10.2. The lowest BCUT2D eigenvalue weighted by molar-refractivity contribution is -0.162. The van der Waals surface area contributed by atoms with Crippen molar-refractivity contribution in [2.45, 2.75) is 76.7 Å². The number of benzene rings is 1. The Hall–Kier alpha value is -2.36. The van der Waals surface area contributed by atoms with E-state index in [0.717, 1.165) is 38.5 Å². The van der Waals surface area contributed by atoms with Gasteiger partial charge >= 0.3 is 5.97 Å². The minimum Gasteiger partial charge on any atom is -0.458 e. The van der Waals surface area contributed by atoms with E-state index in [9.17, 15) is 9.59 Å². The second kappa shape index (κ2) is 7.57. The van der Waals surface area contributed by atoms with Crippen molar-refractivity contribution in [1.82, 2.24) is 0 Å². The van der Waals surface area contributed by atoms with Crippen LogP contribution in [0.25, 0.3) is 0 Å². The molecule has 1 aliphatic heterocycles. The molecule has 1 spiro atoms. The minimum absolute atomic E-state index is 0.00839. The summed E-state index contributed by atoms with van der Waals surface area (Å²) < 4.78 is 6.23. The molecule has 1 unspecified atom stereocenters. The number of esters is 1. The van der Waals surface area contributed by atoms with E-state index >= 15 is 0 Å². The van der Waals surface area contributed by atoms with E-state index in [1.165, 1.54) is 22.4 Å². The van der Waals surface area contributed by atoms with E-state index in [-0.39, 0.29) is 22.8 Å². The standard InChI is InChI=1S/C30H37NO3/c1-18-15-24-26-11-13-30(14-12-27(33)34-30)29(26,2)17-25(19-5-7-20(8-6-19)31(3)4)28(24)22-10-9-21(32)16-23(18)22/h5-8,16,18,24-26H,9-15,17H2,1-4H3/t18-,24+,25-,26+,29+,30?/m1/s1. The predicted molar refractivity (Wildman–Crippen MR) is 134 cm³/mol. The zero-order valence-electron chi connectivity index (χ0n) is 21.0. The number of carbonyl (C=O) groups is 2. The Morgan fingerprint density at radius 1 is 1.03 bits per heavy atom. The number of hydrogen-bond acceptors (Lipinski definition) is 4. The number of hydrogen-bond donors (Lipinski definition) is 0. The molecule has 0 N–H and O–H groups in total. The summed E-state index contributed by atoms with van der Waals surface area (Å²) in [5.74, 6) is 2.05. The highest BCUT2D eigenvalue weighted by molar-refractivity contribution is 5.93. The van der Waals surface area contributed by atoms with Crippen LogP contribution in [-0.2, 0) is 14.3 Å². The highest BCUT2D eigenvalue weighted by Gasteiger charge is 2.66. The molecule has 6 atom stereocenters. The van der Waals surface area contributed by atoms with Crippen LogP contribution in [0, 0.1) is 23.2 Å². The zero-order chi connectivity index (χ0) is 23.8. The predicted octanol–water partition coefficient (Wildman–Crippen LogP) is 5.97. The molecule has 4 nitrogen and oxygen atoms in total. The molecular formula is C30H37NO3. The first-order valence-electron chi connectivity index (χ1n) is 13.2. The number of rotatable bonds is 2. The number of fused-ring (bicyclic) bond motifs is 5. The van der Waals surface area contributed by atoms with Gasteiger partial charge in [-0.2, -0.15) is 0 Å². The van der Waals surface area contributed by atoms with Crippen LogP contribution in [0.3, 0.4) is 0 Å². The van der Waals surface area contributed by atoms with Crippen LogP contribution >= 0.6 is 0 Å². The summed E-state index contributed by atoms with van der Waals surface area (Å²) in [4.78, 5) is 26.9. The fourth-order valence-electron chi connectivity index (χ4n) is 8.54. The van der Waals surface area contributed by atoms with Crippen LogP contribution in [-0.4, -0.2) is 31.4 Å². The molecule has 0 bridgehead atoms. The number of allylic oxidation sites excluding steroid dienone is 4. The molecular weight excluding hydrogens is 422 g/mol. The molecule has 1 aromatic rings. The van der Waals surface area contributed by atoms with E-state index in [2.05, 4.69) is 57.1 Å². The zero-order valence-corrected chi connectivity index (χ0v) is 21.0. The quantitative estimate of drug-likeness (QED) is 0.511. The molecule has 34 heavy (non-hydrogen) atoms. The Labute approximate surface area is 203 Å². The molecule has 1 aromatic carbocycles. The molecule has 180 valence electrons. The molecule has 0 aromatic heterocycles. The van der Waals surface area contributed by atoms with Crippen LogP contribution in [0.15, 0.2) is 47.1 Å². The van der Waals surface area contributed by atoms with Crippen LogP contribution in [0.5, 0.6) is 0 Å². The van der Waals surface area contributed by atoms with Gasteiger partial charge in [-0.3, -0.25) is 9.59 Å². The van der Waals surface area contributed by atoms with Crippen molar-refractivity contribution < 1.29 is 14.3 Å². The fraction of sp³-hybridized carbons (Fsp3) is 0.600. The summed E-state index contributed by atoms with van der Waals surface area (Å²) in [6.45, 7) is 4.75. The molecule has 6 rings (SSSR count). The smallest absolute Gasteiger partial charge is 0.306 e. The monoisotopic (exact) mass is 459 g/mol. The number of ketones is 1. The van der Waals surface area contributed by atoms with Gasteiger partial charge in [-0.1, -0.05) is 31.6 Å². The Kier molecular flexibility index (Phi) is 4.92. The van der Waals surface area contributed by atoms with Gasteiger partial charge < -0.3 is 9.64 Å². The molecule has 0 amide bonds. The first kappa shape index (κ1) is 22.1. The number of ether oxygens (including phenoxy) is 1. The maximum atomic E-state index is 12.4. The van der Waals surface area contributed by atoms with E-state index in [1.807, 2.05) is 6.08 Å². The van der Waals surface area contributed by atoms with Crippen molar-refractivity contribution in [3.8, 4) is 0 Å². The van der Waals surface area contributed by atoms with Crippen molar-refractivity contribution in [3.05, 3.63) is 52.6 Å². The second-order valence-corrected chi connectivity index (χ2v) is 12.0. The van der Waals surface area contributed by atoms with Gasteiger partial charge in [0.15, 0.2) is 5.78 Å². The highest BCUT2D eigenvalue weighted by atomic mass is 16.6. The molecule has 0 radical (unpaired) electrons. The van der Waals surface area contributed by atoms with Gasteiger partial charge in [-0.25, -0.2) is 0 Å².